The fourth-order valence-corrected chi connectivity index (χ4v) is 1.94. The second-order valence-electron chi connectivity index (χ2n) is 3.67. The van der Waals surface area contributed by atoms with Gasteiger partial charge in [-0.1, -0.05) is 6.07 Å². The molecule has 0 aliphatic carbocycles. The van der Waals surface area contributed by atoms with E-state index in [1.807, 2.05) is 24.3 Å². The predicted octanol–water partition coefficient (Wildman–Crippen LogP) is 3.66. The Morgan fingerprint density at radius 1 is 1.32 bits per heavy atom. The number of aromatic nitrogens is 1. The summed E-state index contributed by atoms with van der Waals surface area (Å²) in [6.45, 7) is 2.11. The highest BCUT2D eigenvalue weighted by atomic mass is 127. The summed E-state index contributed by atoms with van der Waals surface area (Å²) < 4.78 is 11.5. The third-order valence-corrected chi connectivity index (χ3v) is 2.94. The molecule has 5 heteroatoms. The van der Waals surface area contributed by atoms with Gasteiger partial charge in [0.25, 0.3) is 0 Å². The number of carbonyl (C=O) groups excluding carboxylic acids is 1. The van der Waals surface area contributed by atoms with Gasteiger partial charge in [0, 0.05) is 15.8 Å². The number of ether oxygens (including phenoxy) is 2. The molecule has 0 spiro atoms. The van der Waals surface area contributed by atoms with Crippen LogP contribution in [0.15, 0.2) is 42.6 Å². The lowest BCUT2D eigenvalue weighted by molar-refractivity contribution is 0.0526. The van der Waals surface area contributed by atoms with Gasteiger partial charge < -0.3 is 9.47 Å². The van der Waals surface area contributed by atoms with E-state index in [9.17, 15) is 4.79 Å². The average Bonchev–Trinajstić information content (AvgIpc) is 2.40. The van der Waals surface area contributed by atoms with Crippen LogP contribution in [0.5, 0.6) is 11.6 Å². The number of carbonyl (C=O) groups is 1. The summed E-state index contributed by atoms with van der Waals surface area (Å²) in [5.74, 6) is 0.772. The van der Waals surface area contributed by atoms with Crippen molar-refractivity contribution in [3.63, 3.8) is 0 Å². The first-order valence-corrected chi connectivity index (χ1v) is 6.83. The Balaban J connectivity index is 2.08. The van der Waals surface area contributed by atoms with Crippen molar-refractivity contribution >= 4 is 28.6 Å². The van der Waals surface area contributed by atoms with E-state index in [0.29, 0.717) is 23.8 Å². The molecule has 0 aliphatic rings. The van der Waals surface area contributed by atoms with Gasteiger partial charge in [0.15, 0.2) is 0 Å². The first kappa shape index (κ1) is 13.8. The van der Waals surface area contributed by atoms with Crippen molar-refractivity contribution in [2.24, 2.45) is 0 Å². The van der Waals surface area contributed by atoms with Gasteiger partial charge in [-0.25, -0.2) is 9.78 Å². The van der Waals surface area contributed by atoms with E-state index in [0.717, 1.165) is 3.57 Å². The van der Waals surface area contributed by atoms with Crippen LogP contribution in [0, 0.1) is 3.57 Å². The highest BCUT2D eigenvalue weighted by Crippen LogP contribution is 2.21. The van der Waals surface area contributed by atoms with Crippen LogP contribution in [-0.2, 0) is 4.74 Å². The fourth-order valence-electron chi connectivity index (χ4n) is 1.43. The standard InChI is InChI=1S/C14H12INO3/c1-2-18-14(17)10-6-7-13(16-9-10)19-12-5-3-4-11(15)8-12/h3-9H,2H2,1H3. The maximum atomic E-state index is 11.5. The van der Waals surface area contributed by atoms with Crippen LogP contribution in [0.1, 0.15) is 17.3 Å². The largest absolute Gasteiger partial charge is 0.462 e. The van der Waals surface area contributed by atoms with E-state index in [1.54, 1.807) is 19.1 Å². The van der Waals surface area contributed by atoms with Crippen molar-refractivity contribution in [2.45, 2.75) is 6.92 Å². The maximum absolute atomic E-state index is 11.5. The zero-order valence-corrected chi connectivity index (χ0v) is 12.5. The highest BCUT2D eigenvalue weighted by molar-refractivity contribution is 14.1. The SMILES string of the molecule is CCOC(=O)c1ccc(Oc2cccc(I)c2)nc1. The van der Waals surface area contributed by atoms with Crippen molar-refractivity contribution in [1.29, 1.82) is 0 Å². The lowest BCUT2D eigenvalue weighted by atomic mass is 10.3. The molecule has 4 nitrogen and oxygen atoms in total. The van der Waals surface area contributed by atoms with Gasteiger partial charge in [0.1, 0.15) is 5.75 Å². The molecule has 1 aromatic carbocycles. The zero-order valence-electron chi connectivity index (χ0n) is 10.3. The summed E-state index contributed by atoms with van der Waals surface area (Å²) in [6, 6.07) is 10.9. The predicted molar refractivity (Wildman–Crippen MR) is 79.4 cm³/mol. The van der Waals surface area contributed by atoms with Crippen LogP contribution in [-0.4, -0.2) is 17.6 Å². The summed E-state index contributed by atoms with van der Waals surface area (Å²) >= 11 is 2.21. The van der Waals surface area contributed by atoms with Gasteiger partial charge in [-0.15, -0.1) is 0 Å². The number of pyridine rings is 1. The summed E-state index contributed by atoms with van der Waals surface area (Å²) in [4.78, 5) is 15.5. The topological polar surface area (TPSA) is 48.4 Å². The molecular formula is C14H12INO3. The van der Waals surface area contributed by atoms with E-state index in [-0.39, 0.29) is 5.97 Å². The van der Waals surface area contributed by atoms with Crippen LogP contribution in [0.2, 0.25) is 0 Å². The van der Waals surface area contributed by atoms with Gasteiger partial charge >= 0.3 is 5.97 Å². The molecule has 0 atom stereocenters. The minimum atomic E-state index is -0.379. The van der Waals surface area contributed by atoms with E-state index >= 15 is 0 Å². The number of halogens is 1. The number of hydrogen-bond acceptors (Lipinski definition) is 4. The first-order valence-electron chi connectivity index (χ1n) is 5.75. The van der Waals surface area contributed by atoms with E-state index in [1.165, 1.54) is 6.20 Å². The monoisotopic (exact) mass is 369 g/mol. The normalized spacial score (nSPS) is 10.0. The molecule has 2 aromatic rings. The maximum Gasteiger partial charge on any atom is 0.339 e. The van der Waals surface area contributed by atoms with E-state index in [2.05, 4.69) is 27.6 Å². The van der Waals surface area contributed by atoms with Gasteiger partial charge in [-0.05, 0) is 53.8 Å². The van der Waals surface area contributed by atoms with Crippen molar-refractivity contribution in [3.8, 4) is 11.6 Å². The molecule has 19 heavy (non-hydrogen) atoms. The minimum absolute atomic E-state index is 0.347. The third-order valence-electron chi connectivity index (χ3n) is 2.27. The van der Waals surface area contributed by atoms with Crippen molar-refractivity contribution in [2.75, 3.05) is 6.61 Å². The van der Waals surface area contributed by atoms with Gasteiger partial charge in [-0.2, -0.15) is 0 Å². The number of nitrogens with zero attached hydrogens (tertiary/aromatic N) is 1. The number of hydrogen-bond donors (Lipinski definition) is 0. The van der Waals surface area contributed by atoms with Crippen LogP contribution >= 0.6 is 22.6 Å². The smallest absolute Gasteiger partial charge is 0.339 e. The zero-order chi connectivity index (χ0) is 13.7. The fraction of sp³-hybridized carbons (Fsp3) is 0.143. The molecule has 0 bridgehead atoms. The number of benzene rings is 1. The Bertz CT molecular complexity index is 569. The van der Waals surface area contributed by atoms with E-state index in [4.69, 9.17) is 9.47 Å². The average molecular weight is 369 g/mol. The molecule has 0 N–H and O–H groups in total. The van der Waals surface area contributed by atoms with Crippen LogP contribution in [0.3, 0.4) is 0 Å². The highest BCUT2D eigenvalue weighted by Gasteiger charge is 2.07. The molecular weight excluding hydrogens is 357 g/mol. The molecule has 1 heterocycles. The lowest BCUT2D eigenvalue weighted by Gasteiger charge is -2.06. The molecule has 1 aromatic heterocycles. The van der Waals surface area contributed by atoms with Gasteiger partial charge in [0.05, 0.1) is 12.2 Å². The summed E-state index contributed by atoms with van der Waals surface area (Å²) in [6.07, 6.45) is 1.45. The van der Waals surface area contributed by atoms with Gasteiger partial charge in [-0.3, -0.25) is 0 Å². The molecule has 0 radical (unpaired) electrons. The Morgan fingerprint density at radius 3 is 2.79 bits per heavy atom. The lowest BCUT2D eigenvalue weighted by Crippen LogP contribution is -2.04. The molecule has 0 unspecified atom stereocenters. The Hall–Kier alpha value is -1.63. The summed E-state index contributed by atoms with van der Waals surface area (Å²) in [5, 5.41) is 0. The summed E-state index contributed by atoms with van der Waals surface area (Å²) in [5.41, 5.74) is 0.414. The first-order chi connectivity index (χ1) is 9.19. The second kappa shape index (κ2) is 6.51. The Labute approximate surface area is 124 Å². The van der Waals surface area contributed by atoms with Crippen LogP contribution in [0.4, 0.5) is 0 Å². The Morgan fingerprint density at radius 2 is 2.16 bits per heavy atom. The van der Waals surface area contributed by atoms with Crippen LogP contribution < -0.4 is 4.74 Å². The van der Waals surface area contributed by atoms with Crippen molar-refractivity contribution in [1.82, 2.24) is 4.98 Å². The molecule has 0 saturated carbocycles. The third kappa shape index (κ3) is 3.92. The Kier molecular flexibility index (Phi) is 4.73. The molecule has 0 saturated heterocycles. The quantitative estimate of drug-likeness (QED) is 0.610. The molecule has 0 aliphatic heterocycles. The summed E-state index contributed by atoms with van der Waals surface area (Å²) in [7, 11) is 0. The van der Waals surface area contributed by atoms with Crippen LogP contribution in [0.25, 0.3) is 0 Å². The van der Waals surface area contributed by atoms with Crippen molar-refractivity contribution in [3.05, 3.63) is 51.7 Å². The molecule has 98 valence electrons. The van der Waals surface area contributed by atoms with E-state index < -0.39 is 0 Å². The number of rotatable bonds is 4. The molecule has 0 fully saturated rings. The number of esters is 1. The molecule has 2 rings (SSSR count). The van der Waals surface area contributed by atoms with Gasteiger partial charge in [0.2, 0.25) is 5.88 Å². The minimum Gasteiger partial charge on any atom is -0.462 e. The second-order valence-corrected chi connectivity index (χ2v) is 4.91. The molecule has 0 amide bonds. The van der Waals surface area contributed by atoms with Crippen molar-refractivity contribution < 1.29 is 14.3 Å².